The molecule has 10 heteroatoms. The molecular weight excluding hydrogens is 399 g/mol. The molecule has 0 fully saturated rings. The summed E-state index contributed by atoms with van der Waals surface area (Å²) < 4.78 is 45.4. The molecule has 1 aromatic rings. The van der Waals surface area contributed by atoms with Gasteiger partial charge in [0.1, 0.15) is 6.61 Å². The maximum absolute atomic E-state index is 13.2. The number of hydrogen-bond acceptors (Lipinski definition) is 6. The Morgan fingerprint density at radius 1 is 1.21 bits per heavy atom. The van der Waals surface area contributed by atoms with E-state index in [1.807, 2.05) is 4.72 Å². The summed E-state index contributed by atoms with van der Waals surface area (Å²) in [5.74, 6) is -0.303. The Bertz CT molecular complexity index is 987. The van der Waals surface area contributed by atoms with Gasteiger partial charge in [0.05, 0.1) is 6.54 Å². The number of carbonyl (C=O) groups excluding carboxylic acids is 1. The number of nitrogens with two attached hydrogens (primary N) is 1. The monoisotopic (exact) mass is 422 g/mol. The maximum atomic E-state index is 13.2. The van der Waals surface area contributed by atoms with Crippen LogP contribution in [0.3, 0.4) is 0 Å². The van der Waals surface area contributed by atoms with Crippen LogP contribution in [0.4, 0.5) is 14.9 Å². The number of urea groups is 1. The Morgan fingerprint density at radius 2 is 1.86 bits per heavy atom. The Labute approximate surface area is 168 Å². The van der Waals surface area contributed by atoms with E-state index in [1.165, 1.54) is 11.1 Å². The van der Waals surface area contributed by atoms with Gasteiger partial charge in [-0.1, -0.05) is 6.07 Å². The molecule has 4 rings (SSSR count). The van der Waals surface area contributed by atoms with Crippen LogP contribution in [0.25, 0.3) is 0 Å². The molecule has 1 atom stereocenters. The molecule has 2 aliphatic carbocycles. The van der Waals surface area contributed by atoms with E-state index in [0.717, 1.165) is 61.5 Å². The number of hydrogen-bond donors (Lipinski definition) is 3. The number of halogens is 1. The van der Waals surface area contributed by atoms with E-state index < -0.39 is 27.1 Å². The van der Waals surface area contributed by atoms with E-state index in [9.17, 15) is 17.6 Å². The number of nitrogens with one attached hydrogen (secondary N) is 2. The minimum absolute atomic E-state index is 0.226. The summed E-state index contributed by atoms with van der Waals surface area (Å²) >= 11 is 0. The molecular formula is C19H23FN4O4S. The third-order valence-corrected chi connectivity index (χ3v) is 6.77. The predicted octanol–water partition coefficient (Wildman–Crippen LogP) is 1.68. The lowest BCUT2D eigenvalue weighted by molar-refractivity contribution is 0.175. The number of aliphatic imine (C=N–C) groups is 1. The van der Waals surface area contributed by atoms with Crippen molar-refractivity contribution in [3.8, 4) is 0 Å². The SMILES string of the molecule is NC=C(C1=NCC(F)CO1)S(=O)(=O)NC(=O)Nc1c2c(cc3c1CCC3)CCC2. The number of carbonyl (C=O) groups is 1. The number of benzene rings is 1. The van der Waals surface area contributed by atoms with Crippen LogP contribution in [0.5, 0.6) is 0 Å². The molecule has 1 heterocycles. The van der Waals surface area contributed by atoms with Gasteiger partial charge in [-0.3, -0.25) is 0 Å². The zero-order valence-corrected chi connectivity index (χ0v) is 16.6. The van der Waals surface area contributed by atoms with Crippen LogP contribution in [0.1, 0.15) is 35.1 Å². The van der Waals surface area contributed by atoms with Crippen LogP contribution in [-0.4, -0.2) is 39.7 Å². The zero-order chi connectivity index (χ0) is 20.6. The van der Waals surface area contributed by atoms with Crippen molar-refractivity contribution in [2.75, 3.05) is 18.5 Å². The van der Waals surface area contributed by atoms with E-state index >= 15 is 0 Å². The molecule has 0 radical (unpaired) electrons. The Kier molecular flexibility index (Phi) is 5.20. The smallest absolute Gasteiger partial charge is 0.333 e. The van der Waals surface area contributed by atoms with E-state index in [2.05, 4.69) is 16.4 Å². The highest BCUT2D eigenvalue weighted by atomic mass is 32.2. The number of nitrogens with zero attached hydrogens (tertiary/aromatic N) is 1. The molecule has 2 amide bonds. The lowest BCUT2D eigenvalue weighted by atomic mass is 9.99. The molecule has 4 N–H and O–H groups in total. The third-order valence-electron chi connectivity index (χ3n) is 5.42. The molecule has 1 unspecified atom stereocenters. The number of amides is 2. The number of alkyl halides is 1. The third kappa shape index (κ3) is 3.81. The van der Waals surface area contributed by atoms with Crippen LogP contribution in [0.2, 0.25) is 0 Å². The van der Waals surface area contributed by atoms with E-state index in [1.54, 1.807) is 0 Å². The highest BCUT2D eigenvalue weighted by Gasteiger charge is 2.31. The molecule has 0 saturated heterocycles. The predicted molar refractivity (Wildman–Crippen MR) is 107 cm³/mol. The zero-order valence-electron chi connectivity index (χ0n) is 15.8. The van der Waals surface area contributed by atoms with Crippen LogP contribution in [-0.2, 0) is 40.4 Å². The summed E-state index contributed by atoms with van der Waals surface area (Å²) in [5, 5.41) is 2.75. The normalized spacial score (nSPS) is 21.1. The van der Waals surface area contributed by atoms with Gasteiger partial charge in [-0.05, 0) is 60.8 Å². The van der Waals surface area contributed by atoms with Crippen LogP contribution in [0, 0.1) is 0 Å². The molecule has 1 aliphatic heterocycles. The second-order valence-electron chi connectivity index (χ2n) is 7.38. The molecule has 156 valence electrons. The second kappa shape index (κ2) is 7.66. The van der Waals surface area contributed by atoms with E-state index in [-0.39, 0.29) is 19.0 Å². The van der Waals surface area contributed by atoms with Gasteiger partial charge in [0.25, 0.3) is 10.0 Å². The highest BCUT2D eigenvalue weighted by molar-refractivity contribution is 7.94. The van der Waals surface area contributed by atoms with E-state index in [0.29, 0.717) is 0 Å². The van der Waals surface area contributed by atoms with E-state index in [4.69, 9.17) is 10.5 Å². The van der Waals surface area contributed by atoms with Crippen molar-refractivity contribution < 1.29 is 22.3 Å². The molecule has 0 aromatic heterocycles. The van der Waals surface area contributed by atoms with Gasteiger partial charge in [0.15, 0.2) is 11.1 Å². The molecule has 0 bridgehead atoms. The van der Waals surface area contributed by atoms with Crippen LogP contribution >= 0.6 is 0 Å². The van der Waals surface area contributed by atoms with Crippen molar-refractivity contribution >= 4 is 27.6 Å². The van der Waals surface area contributed by atoms with Gasteiger partial charge in [0, 0.05) is 11.9 Å². The fourth-order valence-electron chi connectivity index (χ4n) is 4.16. The summed E-state index contributed by atoms with van der Waals surface area (Å²) in [6, 6.07) is 1.34. The number of anilines is 1. The van der Waals surface area contributed by atoms with Crippen LogP contribution in [0.15, 0.2) is 22.2 Å². The van der Waals surface area contributed by atoms with Crippen LogP contribution < -0.4 is 15.8 Å². The van der Waals surface area contributed by atoms with Crippen molar-refractivity contribution in [2.24, 2.45) is 10.7 Å². The number of ether oxygens (including phenoxy) is 1. The molecule has 29 heavy (non-hydrogen) atoms. The van der Waals surface area contributed by atoms with Gasteiger partial charge in [0.2, 0.25) is 5.90 Å². The first kappa shape index (κ1) is 19.7. The largest absolute Gasteiger partial charge is 0.474 e. The first-order valence-electron chi connectivity index (χ1n) is 9.63. The van der Waals surface area contributed by atoms with Gasteiger partial charge in [-0.2, -0.15) is 0 Å². The van der Waals surface area contributed by atoms with Crippen molar-refractivity contribution in [3.63, 3.8) is 0 Å². The minimum atomic E-state index is -4.34. The molecule has 8 nitrogen and oxygen atoms in total. The lowest BCUT2D eigenvalue weighted by Crippen LogP contribution is -2.39. The summed E-state index contributed by atoms with van der Waals surface area (Å²) in [6.45, 7) is -0.545. The van der Waals surface area contributed by atoms with Crippen molar-refractivity contribution in [2.45, 2.75) is 44.7 Å². The highest BCUT2D eigenvalue weighted by Crippen LogP contribution is 2.38. The summed E-state index contributed by atoms with van der Waals surface area (Å²) in [4.78, 5) is 15.8. The van der Waals surface area contributed by atoms with Gasteiger partial charge in [-0.15, -0.1) is 0 Å². The van der Waals surface area contributed by atoms with Crippen molar-refractivity contribution in [1.29, 1.82) is 0 Å². The van der Waals surface area contributed by atoms with Gasteiger partial charge < -0.3 is 15.8 Å². The van der Waals surface area contributed by atoms with Crippen molar-refractivity contribution in [3.05, 3.63) is 39.4 Å². The molecule has 0 spiro atoms. The standard InChI is InChI=1S/C19H23FN4O4S/c20-13-9-22-18(28-10-13)16(8-21)29(26,27)24-19(25)23-17-14-5-1-3-11(14)7-12-4-2-6-15(12)17/h7-8,13H,1-6,9-10,21H2,(H2,23,24,25). The first-order valence-corrected chi connectivity index (χ1v) is 11.1. The quantitative estimate of drug-likeness (QED) is 0.681. The van der Waals surface area contributed by atoms with Gasteiger partial charge >= 0.3 is 6.03 Å². The summed E-state index contributed by atoms with van der Waals surface area (Å²) in [5.41, 5.74) is 10.8. The average Bonchev–Trinajstić information content (AvgIpc) is 3.32. The first-order chi connectivity index (χ1) is 13.9. The summed E-state index contributed by atoms with van der Waals surface area (Å²) in [7, 11) is -4.34. The fraction of sp³-hybridized carbons (Fsp3) is 0.474. The molecule has 0 saturated carbocycles. The molecule has 1 aromatic carbocycles. The minimum Gasteiger partial charge on any atom is -0.474 e. The topological polar surface area (TPSA) is 123 Å². The number of fused-ring (bicyclic) bond motifs is 2. The molecule has 3 aliphatic rings. The number of sulfonamides is 1. The van der Waals surface area contributed by atoms with Crippen molar-refractivity contribution in [1.82, 2.24) is 4.72 Å². The maximum Gasteiger partial charge on any atom is 0.333 e. The Morgan fingerprint density at radius 3 is 2.41 bits per heavy atom. The second-order valence-corrected chi connectivity index (χ2v) is 9.03. The number of aryl methyl sites for hydroxylation is 2. The Balaban J connectivity index is 1.55. The number of rotatable bonds is 4. The fourth-order valence-corrected chi connectivity index (χ4v) is 5.10. The summed E-state index contributed by atoms with van der Waals surface area (Å²) in [6.07, 6.45) is 5.14. The lowest BCUT2D eigenvalue weighted by Gasteiger charge is -2.19. The van der Waals surface area contributed by atoms with Gasteiger partial charge in [-0.25, -0.2) is 27.3 Å². The Hall–Kier alpha value is -2.62. The average molecular weight is 422 g/mol.